The van der Waals surface area contributed by atoms with Crippen LogP contribution in [0.25, 0.3) is 0 Å². The number of hydrogen-bond donors (Lipinski definition) is 0. The summed E-state index contributed by atoms with van der Waals surface area (Å²) in [4.78, 5) is 16.7. The number of rotatable bonds is 3. The van der Waals surface area contributed by atoms with Crippen molar-refractivity contribution >= 4 is 49.0 Å². The van der Waals surface area contributed by atoms with Crippen molar-refractivity contribution < 1.29 is 4.79 Å². The Kier molecular flexibility index (Phi) is 3.89. The monoisotopic (exact) mass is 359 g/mol. The molecule has 0 bridgehead atoms. The Bertz CT molecular complexity index is 524. The van der Waals surface area contributed by atoms with Gasteiger partial charge in [0.05, 0.1) is 8.66 Å². The maximum absolute atomic E-state index is 11.9. The molecule has 2 nitrogen and oxygen atoms in total. The fraction of sp³-hybridized carbons (Fsp3) is 0.0909. The lowest BCUT2D eigenvalue weighted by Gasteiger charge is -1.99. The van der Waals surface area contributed by atoms with E-state index in [0.29, 0.717) is 6.42 Å². The molecule has 2 rings (SSSR count). The molecule has 0 saturated carbocycles. The highest BCUT2D eigenvalue weighted by atomic mass is 79.9. The predicted octanol–water partition coefficient (Wildman–Crippen LogP) is 4.09. The molecule has 0 aliphatic rings. The average Bonchev–Trinajstić information content (AvgIpc) is 2.65. The molecule has 0 unspecified atom stereocenters. The minimum Gasteiger partial charge on any atom is -0.293 e. The second-order valence-electron chi connectivity index (χ2n) is 3.22. The minimum absolute atomic E-state index is 0.121. The van der Waals surface area contributed by atoms with Gasteiger partial charge in [-0.3, -0.25) is 9.78 Å². The van der Waals surface area contributed by atoms with Gasteiger partial charge in [0, 0.05) is 23.3 Å². The number of carbonyl (C=O) groups is 1. The molecule has 0 aliphatic heterocycles. The second-order valence-corrected chi connectivity index (χ2v) is 6.59. The average molecular weight is 361 g/mol. The van der Waals surface area contributed by atoms with Crippen LogP contribution >= 0.6 is 43.2 Å². The van der Waals surface area contributed by atoms with Crippen molar-refractivity contribution in [3.8, 4) is 0 Å². The summed E-state index contributed by atoms with van der Waals surface area (Å²) in [5.74, 6) is 0.121. The van der Waals surface area contributed by atoms with Gasteiger partial charge in [-0.05, 0) is 55.6 Å². The Balaban J connectivity index is 2.13. The quantitative estimate of drug-likeness (QED) is 0.771. The van der Waals surface area contributed by atoms with Crippen LogP contribution in [0.1, 0.15) is 15.2 Å². The number of aromatic nitrogens is 1. The topological polar surface area (TPSA) is 30.0 Å². The van der Waals surface area contributed by atoms with Crippen LogP contribution in [0, 0.1) is 0 Å². The van der Waals surface area contributed by atoms with E-state index in [1.165, 1.54) is 11.3 Å². The predicted molar refractivity (Wildman–Crippen MR) is 72.0 cm³/mol. The second kappa shape index (κ2) is 5.21. The van der Waals surface area contributed by atoms with Crippen LogP contribution < -0.4 is 0 Å². The maximum Gasteiger partial charge on any atom is 0.177 e. The molecular formula is C11H7Br2NOS. The van der Waals surface area contributed by atoms with Crippen LogP contribution in [0.2, 0.25) is 0 Å². The first-order chi connectivity index (χ1) is 7.65. The molecule has 0 aromatic carbocycles. The van der Waals surface area contributed by atoms with Crippen LogP contribution in [0.15, 0.2) is 38.9 Å². The molecule has 82 valence electrons. The van der Waals surface area contributed by atoms with E-state index in [-0.39, 0.29) is 5.78 Å². The highest BCUT2D eigenvalue weighted by molar-refractivity contribution is 9.11. The number of carbonyl (C=O) groups excluding carboxylic acids is 1. The number of thiophene rings is 1. The molecule has 2 aromatic rings. The number of Topliss-reactive ketones (excluding diaryl/α,β-unsaturated/α-hetero) is 1. The zero-order valence-corrected chi connectivity index (χ0v) is 12.1. The van der Waals surface area contributed by atoms with E-state index in [2.05, 4.69) is 36.8 Å². The van der Waals surface area contributed by atoms with Crippen molar-refractivity contribution in [2.24, 2.45) is 0 Å². The fourth-order valence-corrected chi connectivity index (χ4v) is 3.03. The number of halogens is 2. The summed E-state index contributed by atoms with van der Waals surface area (Å²) in [6.45, 7) is 0. The van der Waals surface area contributed by atoms with E-state index in [1.54, 1.807) is 12.4 Å². The van der Waals surface area contributed by atoms with E-state index < -0.39 is 0 Å². The van der Waals surface area contributed by atoms with Gasteiger partial charge in [0.25, 0.3) is 0 Å². The van der Waals surface area contributed by atoms with E-state index in [4.69, 9.17) is 0 Å². The van der Waals surface area contributed by atoms with Crippen LogP contribution in [0.5, 0.6) is 0 Å². The summed E-state index contributed by atoms with van der Waals surface area (Å²) in [7, 11) is 0. The van der Waals surface area contributed by atoms with Crippen LogP contribution in [0.3, 0.4) is 0 Å². The standard InChI is InChI=1S/C11H7Br2NOS/c12-8-3-7(5-14-6-8)4-9(15)10-1-2-11(13)16-10/h1-3,5-6H,4H2. The van der Waals surface area contributed by atoms with Gasteiger partial charge in [-0.1, -0.05) is 0 Å². The third-order valence-electron chi connectivity index (χ3n) is 1.97. The maximum atomic E-state index is 11.9. The number of ketones is 1. The lowest BCUT2D eigenvalue weighted by Crippen LogP contribution is -2.01. The summed E-state index contributed by atoms with van der Waals surface area (Å²) >= 11 is 8.13. The van der Waals surface area contributed by atoms with Crippen LogP contribution in [-0.4, -0.2) is 10.8 Å². The zero-order chi connectivity index (χ0) is 11.5. The van der Waals surface area contributed by atoms with Crippen molar-refractivity contribution in [1.82, 2.24) is 4.98 Å². The first-order valence-corrected chi connectivity index (χ1v) is 6.93. The largest absolute Gasteiger partial charge is 0.293 e. The first-order valence-electron chi connectivity index (χ1n) is 4.53. The van der Waals surface area contributed by atoms with Gasteiger partial charge in [0.2, 0.25) is 0 Å². The molecule has 2 aromatic heterocycles. The lowest BCUT2D eigenvalue weighted by molar-refractivity contribution is 0.0996. The molecule has 0 atom stereocenters. The van der Waals surface area contributed by atoms with Crippen LogP contribution in [0.4, 0.5) is 0 Å². The Hall–Kier alpha value is -0.520. The molecule has 0 radical (unpaired) electrons. The summed E-state index contributed by atoms with van der Waals surface area (Å²) < 4.78 is 1.87. The lowest BCUT2D eigenvalue weighted by atomic mass is 10.1. The molecule has 2 heterocycles. The number of pyridine rings is 1. The molecule has 0 aliphatic carbocycles. The summed E-state index contributed by atoms with van der Waals surface area (Å²) in [5, 5.41) is 0. The first kappa shape index (κ1) is 12.0. The molecule has 0 amide bonds. The van der Waals surface area contributed by atoms with Gasteiger partial charge in [-0.2, -0.15) is 0 Å². The Labute approximate surface area is 114 Å². The van der Waals surface area contributed by atoms with Gasteiger partial charge >= 0.3 is 0 Å². The number of hydrogen-bond acceptors (Lipinski definition) is 3. The number of nitrogens with zero attached hydrogens (tertiary/aromatic N) is 1. The molecule has 0 spiro atoms. The normalized spacial score (nSPS) is 10.4. The highest BCUT2D eigenvalue weighted by Gasteiger charge is 2.09. The summed E-state index contributed by atoms with van der Waals surface area (Å²) in [5.41, 5.74) is 0.920. The van der Waals surface area contributed by atoms with Gasteiger partial charge in [0.1, 0.15) is 0 Å². The molecule has 5 heteroatoms. The third-order valence-corrected chi connectivity index (χ3v) is 4.07. The smallest absolute Gasteiger partial charge is 0.177 e. The Morgan fingerprint density at radius 1 is 1.31 bits per heavy atom. The van der Waals surface area contributed by atoms with E-state index >= 15 is 0 Å². The van der Waals surface area contributed by atoms with Gasteiger partial charge in [-0.15, -0.1) is 11.3 Å². The van der Waals surface area contributed by atoms with Gasteiger partial charge in [0.15, 0.2) is 5.78 Å². The SMILES string of the molecule is O=C(Cc1cncc(Br)c1)c1ccc(Br)s1. The summed E-state index contributed by atoms with van der Waals surface area (Å²) in [6, 6.07) is 5.63. The van der Waals surface area contributed by atoms with Crippen molar-refractivity contribution in [1.29, 1.82) is 0 Å². The fourth-order valence-electron chi connectivity index (χ4n) is 1.29. The highest BCUT2D eigenvalue weighted by Crippen LogP contribution is 2.23. The van der Waals surface area contributed by atoms with Crippen molar-refractivity contribution in [3.05, 3.63) is 49.3 Å². The molecular weight excluding hydrogens is 354 g/mol. The molecule has 0 fully saturated rings. The van der Waals surface area contributed by atoms with Gasteiger partial charge < -0.3 is 0 Å². The third kappa shape index (κ3) is 2.99. The van der Waals surface area contributed by atoms with Crippen molar-refractivity contribution in [3.63, 3.8) is 0 Å². The molecule has 0 saturated heterocycles. The zero-order valence-electron chi connectivity index (χ0n) is 8.11. The van der Waals surface area contributed by atoms with Crippen molar-refractivity contribution in [2.75, 3.05) is 0 Å². The van der Waals surface area contributed by atoms with E-state index in [9.17, 15) is 4.79 Å². The molecule has 0 N–H and O–H groups in total. The van der Waals surface area contributed by atoms with E-state index in [0.717, 1.165) is 18.7 Å². The Morgan fingerprint density at radius 2 is 2.12 bits per heavy atom. The Morgan fingerprint density at radius 3 is 2.75 bits per heavy atom. The van der Waals surface area contributed by atoms with Crippen LogP contribution in [-0.2, 0) is 6.42 Å². The van der Waals surface area contributed by atoms with Crippen molar-refractivity contribution in [2.45, 2.75) is 6.42 Å². The molecule has 16 heavy (non-hydrogen) atoms. The van der Waals surface area contributed by atoms with E-state index in [1.807, 2.05) is 18.2 Å². The van der Waals surface area contributed by atoms with Gasteiger partial charge in [-0.25, -0.2) is 0 Å². The summed E-state index contributed by atoms with van der Waals surface area (Å²) in [6.07, 6.45) is 3.81. The minimum atomic E-state index is 0.121.